The number of pyridine rings is 1. The van der Waals surface area contributed by atoms with Crippen LogP contribution in [0.2, 0.25) is 0 Å². The molecule has 0 saturated carbocycles. The number of hydrogen-bond acceptors (Lipinski definition) is 6. The van der Waals surface area contributed by atoms with Crippen molar-refractivity contribution in [2.75, 3.05) is 33.9 Å². The molecule has 0 aromatic carbocycles. The van der Waals surface area contributed by atoms with Crippen LogP contribution < -0.4 is 9.47 Å². The van der Waals surface area contributed by atoms with Crippen molar-refractivity contribution in [3.05, 3.63) is 18.0 Å². The second-order valence-electron chi connectivity index (χ2n) is 7.95. The Morgan fingerprint density at radius 3 is 2.81 bits per heavy atom. The molecule has 1 N–H and O–H groups in total. The third-order valence-corrected chi connectivity index (χ3v) is 6.50. The predicted octanol–water partition coefficient (Wildman–Crippen LogP) is 1.29. The van der Waals surface area contributed by atoms with Gasteiger partial charge in [-0.3, -0.25) is 14.7 Å². The highest BCUT2D eigenvalue weighted by molar-refractivity contribution is 5.78. The van der Waals surface area contributed by atoms with Crippen LogP contribution in [0.5, 0.6) is 11.5 Å². The molecule has 27 heavy (non-hydrogen) atoms. The van der Waals surface area contributed by atoms with Crippen LogP contribution in [-0.2, 0) is 11.3 Å². The Bertz CT molecular complexity index is 684. The highest BCUT2D eigenvalue weighted by Crippen LogP contribution is 2.42. The first kappa shape index (κ1) is 18.5. The number of amides is 1. The van der Waals surface area contributed by atoms with E-state index in [1.54, 1.807) is 26.5 Å². The van der Waals surface area contributed by atoms with Crippen LogP contribution in [0, 0.1) is 11.8 Å². The summed E-state index contributed by atoms with van der Waals surface area (Å²) in [6, 6.07) is 2.02. The van der Waals surface area contributed by atoms with Gasteiger partial charge in [0.05, 0.1) is 26.9 Å². The zero-order valence-corrected chi connectivity index (χ0v) is 16.1. The molecule has 0 radical (unpaired) electrons. The number of carbonyl (C=O) groups excluding carboxylic acids is 1. The number of carbonyl (C=O) groups is 1. The monoisotopic (exact) mass is 375 g/mol. The highest BCUT2D eigenvalue weighted by Gasteiger charge is 2.49. The fourth-order valence-electron chi connectivity index (χ4n) is 5.41. The zero-order chi connectivity index (χ0) is 19.0. The first-order valence-electron chi connectivity index (χ1n) is 9.86. The number of aromatic nitrogens is 1. The largest absolute Gasteiger partial charge is 0.493 e. The Hall–Kier alpha value is -1.86. The second kappa shape index (κ2) is 7.64. The molecule has 4 heterocycles. The molecule has 0 unspecified atom stereocenters. The van der Waals surface area contributed by atoms with Crippen molar-refractivity contribution in [1.29, 1.82) is 0 Å². The summed E-state index contributed by atoms with van der Waals surface area (Å²) in [4.78, 5) is 21.5. The van der Waals surface area contributed by atoms with Crippen LogP contribution in [0.4, 0.5) is 0 Å². The molecule has 2 bridgehead atoms. The number of rotatable bonds is 5. The van der Waals surface area contributed by atoms with Gasteiger partial charge >= 0.3 is 0 Å². The summed E-state index contributed by atoms with van der Waals surface area (Å²) in [5, 5.41) is 10.0. The van der Waals surface area contributed by atoms with Gasteiger partial charge in [0.1, 0.15) is 5.69 Å². The molecule has 4 rings (SSSR count). The summed E-state index contributed by atoms with van der Waals surface area (Å²) in [7, 11) is 3.27. The Balaban J connectivity index is 1.56. The maximum atomic E-state index is 12.5. The number of aliphatic hydroxyl groups excluding tert-OH is 1. The van der Waals surface area contributed by atoms with Crippen LogP contribution in [0.3, 0.4) is 0 Å². The number of hydrogen-bond donors (Lipinski definition) is 1. The summed E-state index contributed by atoms with van der Waals surface area (Å²) in [6.07, 6.45) is 5.48. The average molecular weight is 375 g/mol. The van der Waals surface area contributed by atoms with Gasteiger partial charge in [0.15, 0.2) is 11.5 Å². The molecule has 3 aliphatic rings. The lowest BCUT2D eigenvalue weighted by Gasteiger charge is -2.56. The van der Waals surface area contributed by atoms with E-state index in [0.717, 1.165) is 38.0 Å². The molecule has 148 valence electrons. The average Bonchev–Trinajstić information content (AvgIpc) is 2.68. The van der Waals surface area contributed by atoms with Gasteiger partial charge in [-0.15, -0.1) is 0 Å². The standard InChI is InChI=1S/C20H29N3O4/c1-26-18-6-7-21-15(20(18)27-2)11-22-9-13-8-14(10-22)17(12-24)23-16(13)4-3-5-19(23)25/h6-7,13-14,16-17,24H,3-5,8-12H2,1-2H3/t13-,14+,16+,17+/m1/s1. The molecule has 1 aromatic rings. The van der Waals surface area contributed by atoms with Crippen molar-refractivity contribution < 1.29 is 19.4 Å². The van der Waals surface area contributed by atoms with Crippen LogP contribution in [-0.4, -0.2) is 71.8 Å². The Morgan fingerprint density at radius 1 is 1.26 bits per heavy atom. The molecular weight excluding hydrogens is 346 g/mol. The molecule has 7 nitrogen and oxygen atoms in total. The molecule has 0 aliphatic carbocycles. The predicted molar refractivity (Wildman–Crippen MR) is 99.6 cm³/mol. The Morgan fingerprint density at radius 2 is 2.07 bits per heavy atom. The minimum atomic E-state index is -0.0537. The van der Waals surface area contributed by atoms with E-state index in [1.807, 2.05) is 4.90 Å². The van der Waals surface area contributed by atoms with Gasteiger partial charge in [-0.1, -0.05) is 0 Å². The first-order chi connectivity index (χ1) is 13.2. The van der Waals surface area contributed by atoms with Crippen LogP contribution in [0.1, 0.15) is 31.4 Å². The maximum Gasteiger partial charge on any atom is 0.223 e. The van der Waals surface area contributed by atoms with E-state index in [-0.39, 0.29) is 24.6 Å². The smallest absolute Gasteiger partial charge is 0.223 e. The third kappa shape index (κ3) is 3.27. The molecule has 4 atom stereocenters. The van der Waals surface area contributed by atoms with E-state index >= 15 is 0 Å². The second-order valence-corrected chi connectivity index (χ2v) is 7.95. The quantitative estimate of drug-likeness (QED) is 0.836. The lowest BCUT2D eigenvalue weighted by atomic mass is 9.72. The SMILES string of the molecule is COc1ccnc(CN2C[C@H]3C[C@@H](C2)[C@H](CO)N2C(=O)CCC[C@@H]32)c1OC. The first-order valence-corrected chi connectivity index (χ1v) is 9.86. The normalized spacial score (nSPS) is 30.8. The minimum absolute atomic E-state index is 0.0498. The number of piperidine rings is 3. The van der Waals surface area contributed by atoms with E-state index in [9.17, 15) is 9.90 Å². The van der Waals surface area contributed by atoms with E-state index in [4.69, 9.17) is 9.47 Å². The van der Waals surface area contributed by atoms with Crippen LogP contribution in [0.25, 0.3) is 0 Å². The van der Waals surface area contributed by atoms with Crippen LogP contribution in [0.15, 0.2) is 12.3 Å². The number of likely N-dealkylation sites (tertiary alicyclic amines) is 1. The molecule has 3 aliphatic heterocycles. The van der Waals surface area contributed by atoms with Gasteiger partial charge < -0.3 is 19.5 Å². The van der Waals surface area contributed by atoms with E-state index < -0.39 is 0 Å². The number of methoxy groups -OCH3 is 2. The molecule has 3 fully saturated rings. The lowest BCUT2D eigenvalue weighted by molar-refractivity contribution is -0.155. The third-order valence-electron chi connectivity index (χ3n) is 6.50. The summed E-state index contributed by atoms with van der Waals surface area (Å²) >= 11 is 0. The summed E-state index contributed by atoms with van der Waals surface area (Å²) in [5.74, 6) is 2.38. The fourth-order valence-corrected chi connectivity index (χ4v) is 5.41. The number of aliphatic hydroxyl groups is 1. The highest BCUT2D eigenvalue weighted by atomic mass is 16.5. The van der Waals surface area contributed by atoms with E-state index in [2.05, 4.69) is 9.88 Å². The topological polar surface area (TPSA) is 75.1 Å². The van der Waals surface area contributed by atoms with E-state index in [0.29, 0.717) is 36.3 Å². The van der Waals surface area contributed by atoms with Gasteiger partial charge in [0, 0.05) is 44.4 Å². The summed E-state index contributed by atoms with van der Waals surface area (Å²) in [5.41, 5.74) is 0.869. The number of fused-ring (bicyclic) bond motifs is 4. The van der Waals surface area contributed by atoms with Gasteiger partial charge in [-0.25, -0.2) is 0 Å². The van der Waals surface area contributed by atoms with Crippen molar-refractivity contribution in [2.45, 2.75) is 44.3 Å². The van der Waals surface area contributed by atoms with Crippen molar-refractivity contribution in [3.8, 4) is 11.5 Å². The summed E-state index contributed by atoms with van der Waals surface area (Å²) in [6.45, 7) is 2.55. The van der Waals surface area contributed by atoms with Crippen LogP contribution >= 0.6 is 0 Å². The van der Waals surface area contributed by atoms with Gasteiger partial charge in [-0.2, -0.15) is 0 Å². The van der Waals surface area contributed by atoms with E-state index in [1.165, 1.54) is 0 Å². The molecule has 3 saturated heterocycles. The minimum Gasteiger partial charge on any atom is -0.493 e. The Labute approximate surface area is 160 Å². The summed E-state index contributed by atoms with van der Waals surface area (Å²) < 4.78 is 10.9. The number of ether oxygens (including phenoxy) is 2. The van der Waals surface area contributed by atoms with Gasteiger partial charge in [-0.05, 0) is 31.1 Å². The van der Waals surface area contributed by atoms with Crippen molar-refractivity contribution in [2.24, 2.45) is 11.8 Å². The zero-order valence-electron chi connectivity index (χ0n) is 16.1. The van der Waals surface area contributed by atoms with Gasteiger partial charge in [0.25, 0.3) is 0 Å². The van der Waals surface area contributed by atoms with Gasteiger partial charge in [0.2, 0.25) is 5.91 Å². The lowest BCUT2D eigenvalue weighted by Crippen LogP contribution is -2.65. The Kier molecular flexibility index (Phi) is 5.23. The number of nitrogens with zero attached hydrogens (tertiary/aromatic N) is 3. The van der Waals surface area contributed by atoms with Crippen molar-refractivity contribution in [1.82, 2.24) is 14.8 Å². The molecule has 7 heteroatoms. The van der Waals surface area contributed by atoms with Crippen molar-refractivity contribution in [3.63, 3.8) is 0 Å². The maximum absolute atomic E-state index is 12.5. The fraction of sp³-hybridized carbons (Fsp3) is 0.700. The molecule has 0 spiro atoms. The molecular formula is C20H29N3O4. The molecule has 1 amide bonds. The molecule has 1 aromatic heterocycles. The van der Waals surface area contributed by atoms with Crippen molar-refractivity contribution >= 4 is 5.91 Å².